The van der Waals surface area contributed by atoms with Crippen LogP contribution in [0.3, 0.4) is 0 Å². The first-order valence-electron chi connectivity index (χ1n) is 8.07. The van der Waals surface area contributed by atoms with Crippen LogP contribution in [0.2, 0.25) is 0 Å². The van der Waals surface area contributed by atoms with Crippen LogP contribution >= 0.6 is 0 Å². The zero-order valence-corrected chi connectivity index (χ0v) is 14.2. The van der Waals surface area contributed by atoms with Crippen molar-refractivity contribution in [2.75, 3.05) is 5.32 Å². The third kappa shape index (κ3) is 4.24. The van der Waals surface area contributed by atoms with Gasteiger partial charge >= 0.3 is 0 Å². The largest absolute Gasteiger partial charge is 0.326 e. The van der Waals surface area contributed by atoms with Crippen molar-refractivity contribution in [3.8, 4) is 5.69 Å². The molecule has 2 N–H and O–H groups in total. The number of aromatic nitrogens is 1. The number of nitrogens with one attached hydrogen (secondary N) is 2. The van der Waals surface area contributed by atoms with Crippen LogP contribution in [0.25, 0.3) is 5.69 Å². The van der Waals surface area contributed by atoms with Crippen LogP contribution in [-0.2, 0) is 4.79 Å². The lowest BCUT2D eigenvalue weighted by molar-refractivity contribution is -0.114. The molecule has 0 fully saturated rings. The Morgan fingerprint density at radius 1 is 0.962 bits per heavy atom. The van der Waals surface area contributed by atoms with Crippen LogP contribution in [0, 0.1) is 0 Å². The predicted molar refractivity (Wildman–Crippen MR) is 102 cm³/mol. The van der Waals surface area contributed by atoms with E-state index in [0.717, 1.165) is 11.3 Å². The van der Waals surface area contributed by atoms with Crippen molar-refractivity contribution in [2.24, 2.45) is 5.10 Å². The van der Waals surface area contributed by atoms with Gasteiger partial charge < -0.3 is 9.88 Å². The van der Waals surface area contributed by atoms with Gasteiger partial charge in [0.1, 0.15) is 0 Å². The fourth-order valence-electron chi connectivity index (χ4n) is 2.47. The van der Waals surface area contributed by atoms with Crippen LogP contribution in [0.1, 0.15) is 22.8 Å². The minimum absolute atomic E-state index is 0.125. The molecular formula is C20H18N4O2. The van der Waals surface area contributed by atoms with Gasteiger partial charge in [0.25, 0.3) is 5.91 Å². The molecule has 3 rings (SSSR count). The maximum Gasteiger partial charge on any atom is 0.273 e. The standard InChI is InChI=1S/C20H18N4O2/c1-15(25)22-17-10-8-16(9-11-17)14-21-23-20(26)18-6-2-3-7-19(18)24-12-4-5-13-24/h2-14H,1H3,(H,22,25)(H,23,26)/b21-14-. The van der Waals surface area contributed by atoms with Gasteiger partial charge in [0, 0.05) is 25.0 Å². The Kier molecular flexibility index (Phi) is 5.24. The summed E-state index contributed by atoms with van der Waals surface area (Å²) in [6.07, 6.45) is 5.31. The molecule has 2 amide bonds. The van der Waals surface area contributed by atoms with Gasteiger partial charge in [0.15, 0.2) is 0 Å². The van der Waals surface area contributed by atoms with Crippen LogP contribution in [0.15, 0.2) is 78.2 Å². The number of hydrogen-bond acceptors (Lipinski definition) is 3. The second kappa shape index (κ2) is 7.94. The van der Waals surface area contributed by atoms with E-state index in [4.69, 9.17) is 0 Å². The van der Waals surface area contributed by atoms with E-state index >= 15 is 0 Å². The summed E-state index contributed by atoms with van der Waals surface area (Å²) in [5.41, 5.74) is 5.37. The summed E-state index contributed by atoms with van der Waals surface area (Å²) in [7, 11) is 0. The van der Waals surface area contributed by atoms with Crippen molar-refractivity contribution in [1.29, 1.82) is 0 Å². The van der Waals surface area contributed by atoms with Crippen molar-refractivity contribution in [1.82, 2.24) is 9.99 Å². The fourth-order valence-corrected chi connectivity index (χ4v) is 2.47. The van der Waals surface area contributed by atoms with E-state index in [2.05, 4.69) is 15.8 Å². The number of anilines is 1. The Morgan fingerprint density at radius 2 is 1.65 bits per heavy atom. The topological polar surface area (TPSA) is 75.5 Å². The molecule has 2 aromatic carbocycles. The highest BCUT2D eigenvalue weighted by Crippen LogP contribution is 2.14. The number of carbonyl (C=O) groups is 2. The molecular weight excluding hydrogens is 328 g/mol. The molecule has 0 saturated carbocycles. The summed E-state index contributed by atoms with van der Waals surface area (Å²) in [6, 6.07) is 18.3. The zero-order valence-electron chi connectivity index (χ0n) is 14.2. The lowest BCUT2D eigenvalue weighted by Crippen LogP contribution is -2.19. The number of hydrazone groups is 1. The molecule has 6 heteroatoms. The molecule has 1 heterocycles. The molecule has 0 radical (unpaired) electrons. The minimum Gasteiger partial charge on any atom is -0.326 e. The van der Waals surface area contributed by atoms with Gasteiger partial charge in [0.2, 0.25) is 5.91 Å². The van der Waals surface area contributed by atoms with Gasteiger partial charge in [-0.2, -0.15) is 5.10 Å². The van der Waals surface area contributed by atoms with Gasteiger partial charge in [0.05, 0.1) is 17.5 Å². The van der Waals surface area contributed by atoms with Crippen molar-refractivity contribution in [3.05, 3.63) is 84.2 Å². The number of amides is 2. The number of carbonyl (C=O) groups excluding carboxylic acids is 2. The van der Waals surface area contributed by atoms with Crippen LogP contribution < -0.4 is 10.7 Å². The van der Waals surface area contributed by atoms with Gasteiger partial charge in [-0.15, -0.1) is 0 Å². The summed E-state index contributed by atoms with van der Waals surface area (Å²) in [5, 5.41) is 6.70. The maximum atomic E-state index is 12.4. The normalized spacial score (nSPS) is 10.7. The molecule has 0 unspecified atom stereocenters. The van der Waals surface area contributed by atoms with Crippen LogP contribution in [0.5, 0.6) is 0 Å². The fraction of sp³-hybridized carbons (Fsp3) is 0.0500. The first kappa shape index (κ1) is 17.2. The molecule has 3 aromatic rings. The second-order valence-corrected chi connectivity index (χ2v) is 5.61. The average Bonchev–Trinajstić information content (AvgIpc) is 3.17. The van der Waals surface area contributed by atoms with Gasteiger partial charge in [-0.05, 0) is 42.0 Å². The Hall–Kier alpha value is -3.67. The number of nitrogens with zero attached hydrogens (tertiary/aromatic N) is 2. The molecule has 0 spiro atoms. The minimum atomic E-state index is -0.291. The molecule has 0 saturated heterocycles. The second-order valence-electron chi connectivity index (χ2n) is 5.61. The van der Waals surface area contributed by atoms with E-state index in [1.807, 2.05) is 47.3 Å². The monoisotopic (exact) mass is 346 g/mol. The van der Waals surface area contributed by atoms with Gasteiger partial charge in [-0.1, -0.05) is 24.3 Å². The smallest absolute Gasteiger partial charge is 0.273 e. The van der Waals surface area contributed by atoms with E-state index < -0.39 is 0 Å². The summed E-state index contributed by atoms with van der Waals surface area (Å²) < 4.78 is 1.87. The van der Waals surface area contributed by atoms with E-state index in [0.29, 0.717) is 11.3 Å². The molecule has 0 aliphatic rings. The third-order valence-corrected chi connectivity index (χ3v) is 3.64. The average molecular weight is 346 g/mol. The first-order chi connectivity index (χ1) is 12.6. The molecule has 26 heavy (non-hydrogen) atoms. The molecule has 6 nitrogen and oxygen atoms in total. The van der Waals surface area contributed by atoms with Crippen molar-refractivity contribution in [3.63, 3.8) is 0 Å². The quantitative estimate of drug-likeness (QED) is 0.550. The molecule has 130 valence electrons. The maximum absolute atomic E-state index is 12.4. The van der Waals surface area contributed by atoms with Crippen molar-refractivity contribution in [2.45, 2.75) is 6.92 Å². The van der Waals surface area contributed by atoms with Gasteiger partial charge in [-0.25, -0.2) is 5.43 Å². The van der Waals surface area contributed by atoms with Crippen LogP contribution in [0.4, 0.5) is 5.69 Å². The van der Waals surface area contributed by atoms with Crippen molar-refractivity contribution >= 4 is 23.7 Å². The zero-order chi connectivity index (χ0) is 18.4. The third-order valence-electron chi connectivity index (χ3n) is 3.64. The SMILES string of the molecule is CC(=O)Nc1ccc(/C=N\NC(=O)c2ccccc2-n2cccc2)cc1. The van der Waals surface area contributed by atoms with Crippen LogP contribution in [-0.4, -0.2) is 22.6 Å². The number of hydrogen-bond donors (Lipinski definition) is 2. The Balaban J connectivity index is 1.68. The summed E-state index contributed by atoms with van der Waals surface area (Å²) in [5.74, 6) is -0.416. The number of para-hydroxylation sites is 1. The Labute approximate surface area is 151 Å². The van der Waals surface area contributed by atoms with E-state index in [-0.39, 0.29) is 11.8 Å². The molecule has 0 aliphatic carbocycles. The molecule has 0 bridgehead atoms. The molecule has 1 aromatic heterocycles. The van der Waals surface area contributed by atoms with Crippen molar-refractivity contribution < 1.29 is 9.59 Å². The summed E-state index contributed by atoms with van der Waals surface area (Å²) in [4.78, 5) is 23.4. The lowest BCUT2D eigenvalue weighted by Gasteiger charge is -2.09. The molecule has 0 atom stereocenters. The number of rotatable bonds is 5. The Morgan fingerprint density at radius 3 is 2.35 bits per heavy atom. The van der Waals surface area contributed by atoms with E-state index in [1.165, 1.54) is 6.92 Å². The van der Waals surface area contributed by atoms with E-state index in [9.17, 15) is 9.59 Å². The predicted octanol–water partition coefficient (Wildman–Crippen LogP) is 3.20. The number of benzene rings is 2. The lowest BCUT2D eigenvalue weighted by atomic mass is 10.1. The first-order valence-corrected chi connectivity index (χ1v) is 8.07. The highest BCUT2D eigenvalue weighted by atomic mass is 16.2. The molecule has 0 aliphatic heterocycles. The summed E-state index contributed by atoms with van der Waals surface area (Å²) >= 11 is 0. The highest BCUT2D eigenvalue weighted by Gasteiger charge is 2.10. The summed E-state index contributed by atoms with van der Waals surface area (Å²) in [6.45, 7) is 1.45. The highest BCUT2D eigenvalue weighted by molar-refractivity contribution is 5.98. The Bertz CT molecular complexity index is 929. The van der Waals surface area contributed by atoms with E-state index in [1.54, 1.807) is 36.5 Å². The van der Waals surface area contributed by atoms with Gasteiger partial charge in [-0.3, -0.25) is 9.59 Å².